The number of halogens is 4. The molecule has 33 heavy (non-hydrogen) atoms. The Balaban J connectivity index is 2.69. The first kappa shape index (κ1) is 28.4. The van der Waals surface area contributed by atoms with Gasteiger partial charge in [-0.05, 0) is 26.3 Å². The Kier molecular flexibility index (Phi) is 12.5. The van der Waals surface area contributed by atoms with Gasteiger partial charge in [-0.25, -0.2) is 10.9 Å². The average molecular weight is 496 g/mol. The van der Waals surface area contributed by atoms with Gasteiger partial charge in [-0.3, -0.25) is 24.6 Å². The number of anilines is 1. The van der Waals surface area contributed by atoms with Crippen LogP contribution in [0.1, 0.15) is 26.2 Å². The van der Waals surface area contributed by atoms with Crippen LogP contribution in [-0.4, -0.2) is 60.5 Å². The Labute approximate surface area is 192 Å². The topological polar surface area (TPSA) is 167 Å². The van der Waals surface area contributed by atoms with Crippen LogP contribution in [0.25, 0.3) is 0 Å². The van der Waals surface area contributed by atoms with E-state index in [1.165, 1.54) is 6.92 Å². The van der Waals surface area contributed by atoms with Crippen molar-refractivity contribution in [2.75, 3.05) is 31.6 Å². The fourth-order valence-corrected chi connectivity index (χ4v) is 2.51. The monoisotopic (exact) mass is 495 g/mol. The minimum Gasteiger partial charge on any atom is -0.347 e. The third-order valence-electron chi connectivity index (χ3n) is 4.08. The van der Waals surface area contributed by atoms with E-state index >= 15 is 0 Å². The van der Waals surface area contributed by atoms with Crippen molar-refractivity contribution in [3.8, 4) is 0 Å². The first-order valence-corrected chi connectivity index (χ1v) is 10.2. The molecule has 0 spiro atoms. The van der Waals surface area contributed by atoms with E-state index in [2.05, 4.69) is 32.0 Å². The Bertz CT molecular complexity index is 850. The molecule has 0 radical (unpaired) electrons. The Morgan fingerprint density at radius 1 is 1.00 bits per heavy atom. The molecule has 0 saturated carbocycles. The molecule has 1 amide bonds. The van der Waals surface area contributed by atoms with Gasteiger partial charge in [0, 0.05) is 0 Å². The van der Waals surface area contributed by atoms with Crippen molar-refractivity contribution in [1.29, 1.82) is 0 Å². The van der Waals surface area contributed by atoms with Gasteiger partial charge in [-0.2, -0.15) is 18.2 Å². The molecule has 1 rings (SSSR count). The number of nitrogens with zero attached hydrogens (tertiary/aromatic N) is 1. The first-order valence-electron chi connectivity index (χ1n) is 9.78. The Morgan fingerprint density at radius 3 is 2.27 bits per heavy atom. The molecule has 15 heteroatoms. The van der Waals surface area contributed by atoms with Gasteiger partial charge in [0.15, 0.2) is 0 Å². The largest absolute Gasteiger partial charge is 0.347 e. The number of hydrogen-bond donors (Lipinski definition) is 6. The number of rotatable bonds is 16. The molecule has 11 nitrogen and oxygen atoms in total. The molecule has 0 aromatic carbocycles. The van der Waals surface area contributed by atoms with Crippen molar-refractivity contribution in [2.45, 2.75) is 32.2 Å². The van der Waals surface area contributed by atoms with E-state index in [4.69, 9.17) is 17.3 Å². The average Bonchev–Trinajstić information content (AvgIpc) is 2.77. The lowest BCUT2D eigenvalue weighted by molar-refractivity contribution is -0.136. The second kappa shape index (κ2) is 14.5. The summed E-state index contributed by atoms with van der Waals surface area (Å²) in [4.78, 5) is 49.6. The molecule has 1 atom stereocenters. The summed E-state index contributed by atoms with van der Waals surface area (Å²) in [5.74, 6) is -7.47. The molecule has 0 saturated heterocycles. The molecule has 0 fully saturated rings. The second-order valence-electron chi connectivity index (χ2n) is 6.78. The zero-order valence-corrected chi connectivity index (χ0v) is 18.5. The number of carbonyl (C=O) groups excluding carboxylic acids is 4. The molecule has 0 bridgehead atoms. The Hall–Kier alpha value is -2.65. The third-order valence-corrected chi connectivity index (χ3v) is 4.42. The van der Waals surface area contributed by atoms with Gasteiger partial charge in [-0.1, -0.05) is 18.0 Å². The van der Waals surface area contributed by atoms with E-state index in [1.54, 1.807) is 0 Å². The molecule has 184 valence electrons. The second-order valence-corrected chi connectivity index (χ2v) is 7.15. The van der Waals surface area contributed by atoms with Gasteiger partial charge >= 0.3 is 0 Å². The van der Waals surface area contributed by atoms with E-state index in [1.807, 2.05) is 0 Å². The summed E-state index contributed by atoms with van der Waals surface area (Å²) < 4.78 is 40.7. The maximum atomic E-state index is 13.9. The molecule has 1 aromatic heterocycles. The van der Waals surface area contributed by atoms with Crippen molar-refractivity contribution < 1.29 is 32.3 Å². The quantitative estimate of drug-likeness (QED) is 0.0761. The first-order chi connectivity index (χ1) is 15.6. The minimum absolute atomic E-state index is 0.0444. The number of hydrogen-bond acceptors (Lipinski definition) is 10. The fourth-order valence-electron chi connectivity index (χ4n) is 2.34. The minimum atomic E-state index is -1.74. The van der Waals surface area contributed by atoms with E-state index < -0.39 is 65.0 Å². The number of hydrazine groups is 2. The highest BCUT2D eigenvalue weighted by molar-refractivity contribution is 6.39. The van der Waals surface area contributed by atoms with Gasteiger partial charge in [0.2, 0.25) is 29.2 Å². The molecule has 0 aliphatic rings. The molecule has 1 heterocycles. The van der Waals surface area contributed by atoms with E-state index in [9.17, 15) is 32.3 Å². The molecular formula is C18H25ClF3N7O4. The Morgan fingerprint density at radius 2 is 1.64 bits per heavy atom. The number of nitrogens with two attached hydrogens (primary N) is 1. The highest BCUT2D eigenvalue weighted by Gasteiger charge is 2.23. The van der Waals surface area contributed by atoms with Gasteiger partial charge in [-0.15, -0.1) is 0 Å². The van der Waals surface area contributed by atoms with Crippen LogP contribution in [0.3, 0.4) is 0 Å². The lowest BCUT2D eigenvalue weighted by Gasteiger charge is -2.20. The predicted octanol–water partition coefficient (Wildman–Crippen LogP) is -0.496. The summed E-state index contributed by atoms with van der Waals surface area (Å²) in [7, 11) is 0. The maximum absolute atomic E-state index is 13.9. The normalized spacial score (nSPS) is 11.7. The lowest BCUT2D eigenvalue weighted by atomic mass is 10.1. The van der Waals surface area contributed by atoms with Crippen LogP contribution in [-0.2, 0) is 19.2 Å². The van der Waals surface area contributed by atoms with Crippen molar-refractivity contribution in [3.63, 3.8) is 0 Å². The molecule has 0 aliphatic heterocycles. The number of nitrogens with one attached hydrogen (secondary N) is 5. The predicted molar refractivity (Wildman–Crippen MR) is 112 cm³/mol. The maximum Gasteiger partial charge on any atom is 0.253 e. The van der Waals surface area contributed by atoms with Gasteiger partial charge in [0.1, 0.15) is 22.5 Å². The molecule has 0 aliphatic carbocycles. The summed E-state index contributed by atoms with van der Waals surface area (Å²) in [5, 5.41) is 1.42. The van der Waals surface area contributed by atoms with Gasteiger partial charge < -0.3 is 16.5 Å². The van der Waals surface area contributed by atoms with Crippen LogP contribution >= 0.6 is 11.6 Å². The van der Waals surface area contributed by atoms with E-state index in [0.717, 1.165) is 0 Å². The van der Waals surface area contributed by atoms with Crippen molar-refractivity contribution in [1.82, 2.24) is 26.6 Å². The van der Waals surface area contributed by atoms with Crippen molar-refractivity contribution >= 4 is 40.5 Å². The number of carbonyl (C=O) groups is 4. The van der Waals surface area contributed by atoms with Gasteiger partial charge in [0.25, 0.3) is 5.95 Å². The number of aromatic nitrogens is 1. The zero-order valence-electron chi connectivity index (χ0n) is 17.7. The van der Waals surface area contributed by atoms with Crippen molar-refractivity contribution in [3.05, 3.63) is 22.7 Å². The highest BCUT2D eigenvalue weighted by atomic mass is 35.5. The van der Waals surface area contributed by atoms with Crippen LogP contribution in [0.4, 0.5) is 18.9 Å². The van der Waals surface area contributed by atoms with Crippen LogP contribution in [0.2, 0.25) is 5.02 Å². The number of ketones is 3. The van der Waals surface area contributed by atoms with Crippen molar-refractivity contribution in [2.24, 2.45) is 5.73 Å². The van der Waals surface area contributed by atoms with E-state index in [0.29, 0.717) is 19.4 Å². The molecule has 7 N–H and O–H groups in total. The molecule has 1 aromatic rings. The van der Waals surface area contributed by atoms with E-state index in [-0.39, 0.29) is 18.7 Å². The number of amides is 1. The summed E-state index contributed by atoms with van der Waals surface area (Å²) in [6, 6.07) is -1.11. The van der Waals surface area contributed by atoms with Gasteiger partial charge in [0.05, 0.1) is 19.6 Å². The number of Topliss-reactive ketones (excluding diaryl/α,β-unsaturated/α-hetero) is 3. The zero-order chi connectivity index (χ0) is 25.0. The summed E-state index contributed by atoms with van der Waals surface area (Å²) in [6.45, 7) is 0.583. The third kappa shape index (κ3) is 9.79. The molecular weight excluding hydrogens is 471 g/mol. The number of unbranched alkanes of at least 4 members (excludes halogenated alkanes) is 1. The van der Waals surface area contributed by atoms with Crippen LogP contribution < -0.4 is 32.8 Å². The van der Waals surface area contributed by atoms with Crippen LogP contribution in [0, 0.1) is 17.7 Å². The number of pyridine rings is 1. The standard InChI is InChI=1S/C18H25ClF3N7O4/c1-9(30)6-25-26-8-12(32)11(31)7-24-18(33)10(4-2-3-5-23)28-29-15-13(19)16(21)27-17(22)14(15)20/h10,25-26,28H,2-8,23H2,1H3,(H,24,33)(H,27,29)/t10-/m0/s1. The summed E-state index contributed by atoms with van der Waals surface area (Å²) in [5.41, 5.74) is 14.0. The molecule has 0 unspecified atom stereocenters. The van der Waals surface area contributed by atoms with Crippen LogP contribution in [0.15, 0.2) is 0 Å². The SMILES string of the molecule is CC(=O)CNNCC(=O)C(=O)CNC(=O)[C@H](CCCCN)NNc1c(F)c(F)nc(F)c1Cl. The fraction of sp³-hybridized carbons (Fsp3) is 0.500. The van der Waals surface area contributed by atoms with Crippen LogP contribution in [0.5, 0.6) is 0 Å². The lowest BCUT2D eigenvalue weighted by Crippen LogP contribution is -2.49. The highest BCUT2D eigenvalue weighted by Crippen LogP contribution is 2.27. The summed E-state index contributed by atoms with van der Waals surface area (Å²) >= 11 is 5.59. The smallest absolute Gasteiger partial charge is 0.253 e. The summed E-state index contributed by atoms with van der Waals surface area (Å²) in [6.07, 6.45) is 1.12.